The smallest absolute Gasteiger partial charge is 0.277 e. The molecule has 0 fully saturated rings. The van der Waals surface area contributed by atoms with E-state index in [2.05, 4.69) is 13.8 Å². The second-order valence-corrected chi connectivity index (χ2v) is 4.24. The van der Waals surface area contributed by atoms with E-state index in [1.165, 1.54) is 6.42 Å². The lowest BCUT2D eigenvalue weighted by Crippen LogP contribution is -2.36. The van der Waals surface area contributed by atoms with E-state index < -0.39 is 11.9 Å². The zero-order valence-electron chi connectivity index (χ0n) is 9.53. The maximum Gasteiger partial charge on any atom is 0.277 e. The van der Waals surface area contributed by atoms with Gasteiger partial charge in [0.2, 0.25) is 0 Å². The van der Waals surface area contributed by atoms with Gasteiger partial charge >= 0.3 is 0 Å². The Morgan fingerprint density at radius 1 is 1.14 bits per heavy atom. The lowest BCUT2D eigenvalue weighted by Gasteiger charge is -2.26. The predicted octanol–water partition coefficient (Wildman–Crippen LogP) is 1.86. The van der Waals surface area contributed by atoms with E-state index in [0.717, 1.165) is 19.3 Å². The fourth-order valence-electron chi connectivity index (χ4n) is 1.64. The molecule has 3 nitrogen and oxygen atoms in total. The lowest BCUT2D eigenvalue weighted by molar-refractivity contribution is -0.341. The second kappa shape index (κ2) is 6.38. The van der Waals surface area contributed by atoms with Crippen molar-refractivity contribution in [1.29, 1.82) is 0 Å². The molecule has 0 aliphatic rings. The van der Waals surface area contributed by atoms with Crippen LogP contribution in [0.3, 0.4) is 0 Å². The van der Waals surface area contributed by atoms with E-state index in [4.69, 9.17) is 15.3 Å². The molecule has 86 valence electrons. The van der Waals surface area contributed by atoms with Crippen LogP contribution in [-0.2, 0) is 0 Å². The maximum atomic E-state index is 8.97. The average Bonchev–Trinajstić information content (AvgIpc) is 2.10. The first-order chi connectivity index (χ1) is 6.41. The predicted molar refractivity (Wildman–Crippen MR) is 56.5 cm³/mol. The quantitative estimate of drug-likeness (QED) is 0.555. The van der Waals surface area contributed by atoms with Gasteiger partial charge in [0.05, 0.1) is 0 Å². The molecule has 2 unspecified atom stereocenters. The van der Waals surface area contributed by atoms with Crippen LogP contribution >= 0.6 is 0 Å². The van der Waals surface area contributed by atoms with Crippen LogP contribution in [0.5, 0.6) is 0 Å². The van der Waals surface area contributed by atoms with Crippen molar-refractivity contribution in [3.05, 3.63) is 0 Å². The van der Waals surface area contributed by atoms with Crippen LogP contribution < -0.4 is 0 Å². The summed E-state index contributed by atoms with van der Waals surface area (Å²) >= 11 is 0. The minimum atomic E-state index is -2.51. The van der Waals surface area contributed by atoms with Crippen molar-refractivity contribution in [2.75, 3.05) is 0 Å². The Kier molecular flexibility index (Phi) is 6.33. The van der Waals surface area contributed by atoms with Gasteiger partial charge in [0, 0.05) is 5.92 Å². The molecular weight excluding hydrogens is 180 g/mol. The average molecular weight is 204 g/mol. The van der Waals surface area contributed by atoms with Gasteiger partial charge in [-0.05, 0) is 12.3 Å². The van der Waals surface area contributed by atoms with Gasteiger partial charge in [-0.15, -0.1) is 0 Å². The number of unbranched alkanes of at least 4 members (excludes halogenated alkanes) is 1. The van der Waals surface area contributed by atoms with Gasteiger partial charge in [-0.25, -0.2) is 0 Å². The summed E-state index contributed by atoms with van der Waals surface area (Å²) in [5, 5.41) is 26.9. The van der Waals surface area contributed by atoms with Crippen LogP contribution in [0.2, 0.25) is 0 Å². The molecule has 0 aliphatic heterocycles. The minimum Gasteiger partial charge on any atom is -0.343 e. The molecular formula is C11H24O3. The third-order valence-corrected chi connectivity index (χ3v) is 2.89. The SMILES string of the molecule is CCCCC(CC)CC(C)C(O)(O)O. The van der Waals surface area contributed by atoms with Crippen molar-refractivity contribution in [3.8, 4) is 0 Å². The molecule has 0 rings (SSSR count). The molecule has 0 heterocycles. The summed E-state index contributed by atoms with van der Waals surface area (Å²) in [5.41, 5.74) is 0. The van der Waals surface area contributed by atoms with E-state index in [1.54, 1.807) is 6.92 Å². The molecule has 3 heteroatoms. The summed E-state index contributed by atoms with van der Waals surface area (Å²) in [6.07, 6.45) is 5.13. The zero-order chi connectivity index (χ0) is 11.2. The van der Waals surface area contributed by atoms with Gasteiger partial charge in [0.1, 0.15) is 0 Å². The Labute approximate surface area is 86.8 Å². The zero-order valence-corrected chi connectivity index (χ0v) is 9.53. The second-order valence-electron chi connectivity index (χ2n) is 4.24. The summed E-state index contributed by atoms with van der Waals surface area (Å²) < 4.78 is 0. The fraction of sp³-hybridized carbons (Fsp3) is 1.00. The summed E-state index contributed by atoms with van der Waals surface area (Å²) in [7, 11) is 0. The highest BCUT2D eigenvalue weighted by atomic mass is 16.7. The first-order valence-electron chi connectivity index (χ1n) is 5.58. The van der Waals surface area contributed by atoms with Crippen molar-refractivity contribution in [3.63, 3.8) is 0 Å². The number of hydrogen-bond donors (Lipinski definition) is 3. The number of aliphatic hydroxyl groups is 3. The Bertz CT molecular complexity index is 140. The molecule has 0 aromatic heterocycles. The van der Waals surface area contributed by atoms with Crippen molar-refractivity contribution in [2.24, 2.45) is 11.8 Å². The maximum absolute atomic E-state index is 8.97. The van der Waals surface area contributed by atoms with E-state index in [0.29, 0.717) is 12.3 Å². The summed E-state index contributed by atoms with van der Waals surface area (Å²) in [6, 6.07) is 0. The molecule has 2 atom stereocenters. The van der Waals surface area contributed by atoms with Crippen LogP contribution in [0.1, 0.15) is 52.9 Å². The fourth-order valence-corrected chi connectivity index (χ4v) is 1.64. The molecule has 0 aliphatic carbocycles. The normalized spacial score (nSPS) is 16.7. The summed E-state index contributed by atoms with van der Waals surface area (Å²) in [5.74, 6) is -2.51. The molecule has 0 aromatic rings. The van der Waals surface area contributed by atoms with Crippen molar-refractivity contribution in [1.82, 2.24) is 0 Å². The summed E-state index contributed by atoms with van der Waals surface area (Å²) in [6.45, 7) is 5.90. The highest BCUT2D eigenvalue weighted by Gasteiger charge is 2.29. The minimum absolute atomic E-state index is 0.482. The van der Waals surface area contributed by atoms with Crippen LogP contribution in [-0.4, -0.2) is 21.3 Å². The third-order valence-electron chi connectivity index (χ3n) is 2.89. The molecule has 0 aromatic carbocycles. The Hall–Kier alpha value is -0.120. The van der Waals surface area contributed by atoms with Gasteiger partial charge in [-0.3, -0.25) is 0 Å². The van der Waals surface area contributed by atoms with Crippen LogP contribution in [0, 0.1) is 11.8 Å². The topological polar surface area (TPSA) is 60.7 Å². The highest BCUT2D eigenvalue weighted by Crippen LogP contribution is 2.25. The van der Waals surface area contributed by atoms with Crippen molar-refractivity contribution in [2.45, 2.75) is 58.8 Å². The van der Waals surface area contributed by atoms with E-state index in [-0.39, 0.29) is 0 Å². The molecule has 0 spiro atoms. The Morgan fingerprint density at radius 3 is 2.07 bits per heavy atom. The monoisotopic (exact) mass is 204 g/mol. The van der Waals surface area contributed by atoms with E-state index >= 15 is 0 Å². The highest BCUT2D eigenvalue weighted by molar-refractivity contribution is 4.66. The number of rotatable bonds is 7. The van der Waals surface area contributed by atoms with Gasteiger partial charge in [-0.2, -0.15) is 0 Å². The molecule has 0 saturated heterocycles. The molecule has 0 amide bonds. The molecule has 0 radical (unpaired) electrons. The number of hydrogen-bond acceptors (Lipinski definition) is 3. The molecule has 0 bridgehead atoms. The van der Waals surface area contributed by atoms with Gasteiger partial charge in [0.25, 0.3) is 5.97 Å². The first kappa shape index (κ1) is 13.9. The van der Waals surface area contributed by atoms with E-state index in [9.17, 15) is 0 Å². The standard InChI is InChI=1S/C11H24O3/c1-4-6-7-10(5-2)8-9(3)11(12,13)14/h9-10,12-14H,4-8H2,1-3H3. The van der Waals surface area contributed by atoms with Crippen LogP contribution in [0.25, 0.3) is 0 Å². The van der Waals surface area contributed by atoms with Gasteiger partial charge in [-0.1, -0.05) is 46.5 Å². The Morgan fingerprint density at radius 2 is 1.71 bits per heavy atom. The first-order valence-corrected chi connectivity index (χ1v) is 5.58. The largest absolute Gasteiger partial charge is 0.343 e. The third kappa shape index (κ3) is 5.58. The van der Waals surface area contributed by atoms with Crippen molar-refractivity contribution < 1.29 is 15.3 Å². The van der Waals surface area contributed by atoms with Crippen LogP contribution in [0.15, 0.2) is 0 Å². The van der Waals surface area contributed by atoms with Gasteiger partial charge in [0.15, 0.2) is 0 Å². The molecule has 0 saturated carbocycles. The lowest BCUT2D eigenvalue weighted by atomic mass is 9.88. The summed E-state index contributed by atoms with van der Waals surface area (Å²) in [4.78, 5) is 0. The Balaban J connectivity index is 3.92. The van der Waals surface area contributed by atoms with Gasteiger partial charge < -0.3 is 15.3 Å². The van der Waals surface area contributed by atoms with Crippen LogP contribution in [0.4, 0.5) is 0 Å². The van der Waals surface area contributed by atoms with E-state index in [1.807, 2.05) is 0 Å². The molecule has 3 N–H and O–H groups in total. The molecule has 14 heavy (non-hydrogen) atoms. The van der Waals surface area contributed by atoms with Crippen molar-refractivity contribution >= 4 is 0 Å².